The molecule has 4 rings (SSSR count). The smallest absolute Gasteiger partial charge is 0.261 e. The molecule has 2 heterocycles. The van der Waals surface area contributed by atoms with Crippen molar-refractivity contribution in [3.05, 3.63) is 75.5 Å². The summed E-state index contributed by atoms with van der Waals surface area (Å²) in [7, 11) is 0. The molecule has 2 amide bonds. The number of fused-ring (bicyclic) bond motifs is 1. The average molecular weight is 422 g/mol. The molecule has 0 saturated heterocycles. The van der Waals surface area contributed by atoms with Gasteiger partial charge in [-0.2, -0.15) is 0 Å². The second-order valence-corrected chi connectivity index (χ2v) is 6.97. The third kappa shape index (κ3) is 3.37. The van der Waals surface area contributed by atoms with Crippen molar-refractivity contribution >= 4 is 17.5 Å². The number of benzene rings is 2. The van der Waals surface area contributed by atoms with Crippen LogP contribution in [0.2, 0.25) is 0 Å². The molecule has 10 nitrogen and oxygen atoms in total. The van der Waals surface area contributed by atoms with Crippen LogP contribution in [0.5, 0.6) is 5.75 Å². The number of nitroso groups, excluding NO2 is 1. The van der Waals surface area contributed by atoms with Gasteiger partial charge in [-0.15, -0.1) is 4.91 Å². The summed E-state index contributed by atoms with van der Waals surface area (Å²) in [6, 6.07) is 13.1. The first-order chi connectivity index (χ1) is 14.9. The number of amides is 2. The minimum Gasteiger partial charge on any atom is -0.593 e. The summed E-state index contributed by atoms with van der Waals surface area (Å²) < 4.78 is 5.65. The molecule has 0 unspecified atom stereocenters. The SMILES string of the molecule is Cc1c(N=O)c(-c2ccc(OCCCN3C(=O)c4ccccc4C3=O)cc2)n(O)[n+]1[O-]. The van der Waals surface area contributed by atoms with Gasteiger partial charge in [-0.3, -0.25) is 14.5 Å². The number of nitrogens with zero attached hydrogens (tertiary/aromatic N) is 4. The van der Waals surface area contributed by atoms with Gasteiger partial charge in [-0.25, -0.2) is 0 Å². The van der Waals surface area contributed by atoms with Gasteiger partial charge in [0.15, 0.2) is 5.69 Å². The van der Waals surface area contributed by atoms with Crippen molar-refractivity contribution in [2.24, 2.45) is 5.18 Å². The van der Waals surface area contributed by atoms with Crippen molar-refractivity contribution in [3.63, 3.8) is 0 Å². The highest BCUT2D eigenvalue weighted by atomic mass is 16.6. The predicted octanol–water partition coefficient (Wildman–Crippen LogP) is 2.80. The molecular formula is C21H18N4O6. The second-order valence-electron chi connectivity index (χ2n) is 6.97. The maximum Gasteiger partial charge on any atom is 0.261 e. The van der Waals surface area contributed by atoms with Gasteiger partial charge < -0.3 is 15.2 Å². The zero-order valence-corrected chi connectivity index (χ0v) is 16.5. The maximum absolute atomic E-state index is 12.3. The van der Waals surface area contributed by atoms with Gasteiger partial charge in [0.05, 0.1) is 17.7 Å². The van der Waals surface area contributed by atoms with Gasteiger partial charge in [-0.05, 0) is 52.8 Å². The van der Waals surface area contributed by atoms with E-state index < -0.39 is 0 Å². The van der Waals surface area contributed by atoms with E-state index in [1.165, 1.54) is 11.8 Å². The van der Waals surface area contributed by atoms with Crippen molar-refractivity contribution < 1.29 is 24.4 Å². The van der Waals surface area contributed by atoms with E-state index in [0.29, 0.717) is 33.7 Å². The number of carbonyl (C=O) groups is 2. The van der Waals surface area contributed by atoms with E-state index in [2.05, 4.69) is 5.18 Å². The van der Waals surface area contributed by atoms with Crippen LogP contribution in [0, 0.1) is 17.0 Å². The van der Waals surface area contributed by atoms with E-state index in [4.69, 9.17) is 4.74 Å². The number of aromatic nitrogens is 2. The van der Waals surface area contributed by atoms with Crippen molar-refractivity contribution in [2.75, 3.05) is 13.2 Å². The second kappa shape index (κ2) is 7.90. The molecule has 31 heavy (non-hydrogen) atoms. The monoisotopic (exact) mass is 422 g/mol. The first kappa shape index (κ1) is 20.1. The number of ether oxygens (including phenoxy) is 1. The van der Waals surface area contributed by atoms with E-state index in [1.54, 1.807) is 48.5 Å². The topological polar surface area (TPSA) is 128 Å². The van der Waals surface area contributed by atoms with Crippen LogP contribution in [-0.4, -0.2) is 39.9 Å². The van der Waals surface area contributed by atoms with Crippen LogP contribution >= 0.6 is 0 Å². The maximum atomic E-state index is 12.3. The van der Waals surface area contributed by atoms with E-state index in [1.807, 2.05) is 0 Å². The first-order valence-corrected chi connectivity index (χ1v) is 9.50. The Morgan fingerprint density at radius 1 is 1.06 bits per heavy atom. The van der Waals surface area contributed by atoms with Gasteiger partial charge in [-0.1, -0.05) is 12.1 Å². The van der Waals surface area contributed by atoms with Crippen molar-refractivity contribution in [1.82, 2.24) is 9.75 Å². The highest BCUT2D eigenvalue weighted by Gasteiger charge is 2.34. The van der Waals surface area contributed by atoms with Gasteiger partial charge in [0.25, 0.3) is 17.5 Å². The molecule has 1 N–H and O–H groups in total. The minimum absolute atomic E-state index is 0.0130. The van der Waals surface area contributed by atoms with E-state index >= 15 is 0 Å². The summed E-state index contributed by atoms with van der Waals surface area (Å²) in [6.07, 6.45) is 0.446. The molecule has 158 valence electrons. The zero-order valence-electron chi connectivity index (χ0n) is 16.5. The summed E-state index contributed by atoms with van der Waals surface area (Å²) in [4.78, 5) is 37.4. The third-order valence-corrected chi connectivity index (χ3v) is 5.12. The van der Waals surface area contributed by atoms with Gasteiger partial charge in [0.2, 0.25) is 5.69 Å². The van der Waals surface area contributed by atoms with Crippen LogP contribution in [0.1, 0.15) is 32.8 Å². The highest BCUT2D eigenvalue weighted by molar-refractivity contribution is 6.21. The largest absolute Gasteiger partial charge is 0.593 e. The summed E-state index contributed by atoms with van der Waals surface area (Å²) in [5, 5.41) is 24.5. The minimum atomic E-state index is -0.303. The number of hydrogen-bond donors (Lipinski definition) is 1. The molecule has 0 aliphatic carbocycles. The molecule has 1 aliphatic heterocycles. The van der Waals surface area contributed by atoms with Crippen molar-refractivity contribution in [2.45, 2.75) is 13.3 Å². The fraction of sp³-hybridized carbons (Fsp3) is 0.190. The Hall–Kier alpha value is -4.21. The standard InChI is InChI=1S/C21H18N4O6/c1-13-18(22-28)19(25(30)24(13)29)14-7-9-15(10-8-14)31-12-4-11-23-20(26)16-5-2-3-6-17(16)21(23)27/h2-3,5-10,30H,4,11-12H2,1H3. The Bertz CT molecular complexity index is 1150. The van der Waals surface area contributed by atoms with Crippen molar-refractivity contribution in [3.8, 4) is 17.0 Å². The number of hydrogen-bond acceptors (Lipinski definition) is 7. The lowest BCUT2D eigenvalue weighted by Crippen LogP contribution is -2.38. The van der Waals surface area contributed by atoms with Crippen LogP contribution in [0.3, 0.4) is 0 Å². The molecule has 10 heteroatoms. The molecule has 0 saturated carbocycles. The Balaban J connectivity index is 1.36. The lowest BCUT2D eigenvalue weighted by molar-refractivity contribution is -0.728. The Morgan fingerprint density at radius 3 is 2.26 bits per heavy atom. The van der Waals surface area contributed by atoms with E-state index in [0.717, 1.165) is 0 Å². The molecule has 0 atom stereocenters. The third-order valence-electron chi connectivity index (χ3n) is 5.12. The van der Waals surface area contributed by atoms with Crippen LogP contribution in [0.25, 0.3) is 11.3 Å². The molecule has 1 aliphatic rings. The van der Waals surface area contributed by atoms with Gasteiger partial charge in [0.1, 0.15) is 5.75 Å². The van der Waals surface area contributed by atoms with Crippen LogP contribution in [-0.2, 0) is 0 Å². The zero-order chi connectivity index (χ0) is 22.1. The van der Waals surface area contributed by atoms with Crippen LogP contribution in [0.4, 0.5) is 5.69 Å². The van der Waals surface area contributed by atoms with E-state index in [9.17, 15) is 24.9 Å². The molecule has 1 aromatic heterocycles. The lowest BCUT2D eigenvalue weighted by Gasteiger charge is -2.14. The summed E-state index contributed by atoms with van der Waals surface area (Å²) in [6.45, 7) is 1.88. The molecule has 2 aromatic carbocycles. The first-order valence-electron chi connectivity index (χ1n) is 9.50. The fourth-order valence-electron chi connectivity index (χ4n) is 3.51. The fourth-order valence-corrected chi connectivity index (χ4v) is 3.51. The normalized spacial score (nSPS) is 12.9. The van der Waals surface area contributed by atoms with Crippen molar-refractivity contribution in [1.29, 1.82) is 0 Å². The van der Waals surface area contributed by atoms with Crippen LogP contribution in [0.15, 0.2) is 53.7 Å². The predicted molar refractivity (Wildman–Crippen MR) is 108 cm³/mol. The molecule has 0 spiro atoms. The molecule has 3 aromatic rings. The Kier molecular flexibility index (Phi) is 5.12. The number of rotatable bonds is 7. The summed E-state index contributed by atoms with van der Waals surface area (Å²) >= 11 is 0. The lowest BCUT2D eigenvalue weighted by atomic mass is 10.1. The quantitative estimate of drug-likeness (QED) is 0.156. The average Bonchev–Trinajstić information content (AvgIpc) is 3.16. The molecule has 0 bridgehead atoms. The van der Waals surface area contributed by atoms with Crippen LogP contribution < -0.4 is 9.58 Å². The van der Waals surface area contributed by atoms with E-state index in [-0.39, 0.29) is 46.9 Å². The number of carbonyl (C=O) groups excluding carboxylic acids is 2. The van der Waals surface area contributed by atoms with Gasteiger partial charge >= 0.3 is 0 Å². The molecule has 0 fully saturated rings. The molecular weight excluding hydrogens is 404 g/mol. The number of imide groups is 1. The Morgan fingerprint density at radius 2 is 1.68 bits per heavy atom. The molecule has 0 radical (unpaired) electrons. The summed E-state index contributed by atoms with van der Waals surface area (Å²) in [5.41, 5.74) is 1.06. The van der Waals surface area contributed by atoms with Gasteiger partial charge in [0, 0.05) is 23.9 Å². The summed E-state index contributed by atoms with van der Waals surface area (Å²) in [5.74, 6) is -0.0978. The highest BCUT2D eigenvalue weighted by Crippen LogP contribution is 2.32. The Labute approximate surface area is 176 Å².